The molecule has 1 amide bonds. The number of hydrogen-bond donors (Lipinski definition) is 2. The SMILES string of the molecule is CCc1nc2ccccc2c(NC(=O)C[NH+]2CCC(C)CC2)c1C. The summed E-state index contributed by atoms with van der Waals surface area (Å²) in [6.45, 7) is 9.23. The molecule has 1 aromatic carbocycles. The lowest BCUT2D eigenvalue weighted by atomic mass is 9.99. The monoisotopic (exact) mass is 326 g/mol. The van der Waals surface area contributed by atoms with Crippen molar-refractivity contribution in [2.45, 2.75) is 40.0 Å². The number of hydrogen-bond acceptors (Lipinski definition) is 2. The number of fused-ring (bicyclic) bond motifs is 1. The third kappa shape index (κ3) is 3.59. The number of anilines is 1. The van der Waals surface area contributed by atoms with Crippen LogP contribution < -0.4 is 10.2 Å². The Morgan fingerprint density at radius 3 is 2.71 bits per heavy atom. The average molecular weight is 326 g/mol. The van der Waals surface area contributed by atoms with Crippen molar-refractivity contribution >= 4 is 22.5 Å². The van der Waals surface area contributed by atoms with E-state index in [1.54, 1.807) is 0 Å². The highest BCUT2D eigenvalue weighted by Crippen LogP contribution is 2.28. The van der Waals surface area contributed by atoms with Gasteiger partial charge in [-0.25, -0.2) is 0 Å². The Morgan fingerprint density at radius 1 is 1.29 bits per heavy atom. The lowest BCUT2D eigenvalue weighted by Crippen LogP contribution is -3.14. The van der Waals surface area contributed by atoms with Gasteiger partial charge in [0, 0.05) is 11.1 Å². The molecular weight excluding hydrogens is 298 g/mol. The zero-order valence-corrected chi connectivity index (χ0v) is 15.0. The number of quaternary nitrogens is 1. The van der Waals surface area contributed by atoms with E-state index in [1.807, 2.05) is 24.3 Å². The van der Waals surface area contributed by atoms with Gasteiger partial charge in [-0.3, -0.25) is 9.78 Å². The fourth-order valence-electron chi connectivity index (χ4n) is 3.62. The molecule has 2 N–H and O–H groups in total. The van der Waals surface area contributed by atoms with Crippen LogP contribution >= 0.6 is 0 Å². The molecule has 2 aromatic rings. The van der Waals surface area contributed by atoms with Gasteiger partial charge in [0.25, 0.3) is 5.91 Å². The number of pyridine rings is 1. The number of para-hydroxylation sites is 1. The summed E-state index contributed by atoms with van der Waals surface area (Å²) >= 11 is 0. The van der Waals surface area contributed by atoms with E-state index in [0.717, 1.165) is 53.3 Å². The number of aryl methyl sites for hydroxylation is 1. The third-order valence-electron chi connectivity index (χ3n) is 5.23. The highest BCUT2D eigenvalue weighted by molar-refractivity contribution is 6.02. The van der Waals surface area contributed by atoms with Crippen LogP contribution in [0, 0.1) is 12.8 Å². The minimum Gasteiger partial charge on any atom is -0.327 e. The number of benzene rings is 1. The van der Waals surface area contributed by atoms with Crippen LogP contribution in [0.3, 0.4) is 0 Å². The molecule has 0 radical (unpaired) electrons. The van der Waals surface area contributed by atoms with E-state index in [1.165, 1.54) is 17.7 Å². The molecule has 1 fully saturated rings. The third-order valence-corrected chi connectivity index (χ3v) is 5.23. The van der Waals surface area contributed by atoms with Crippen LogP contribution in [0.5, 0.6) is 0 Å². The Morgan fingerprint density at radius 2 is 2.00 bits per heavy atom. The molecule has 0 aliphatic carbocycles. The van der Waals surface area contributed by atoms with Crippen molar-refractivity contribution in [3.8, 4) is 0 Å². The van der Waals surface area contributed by atoms with Crippen LogP contribution in [-0.4, -0.2) is 30.5 Å². The van der Waals surface area contributed by atoms with E-state index in [0.29, 0.717) is 6.54 Å². The summed E-state index contributed by atoms with van der Waals surface area (Å²) in [6, 6.07) is 8.05. The first-order chi connectivity index (χ1) is 11.6. The molecule has 3 rings (SSSR count). The molecule has 0 unspecified atom stereocenters. The van der Waals surface area contributed by atoms with Crippen molar-refractivity contribution < 1.29 is 9.69 Å². The highest BCUT2D eigenvalue weighted by atomic mass is 16.2. The standard InChI is InChI=1S/C20H27N3O/c1-4-17-15(3)20(16-7-5-6-8-18(16)21-17)22-19(24)13-23-11-9-14(2)10-12-23/h5-8,14H,4,9-13H2,1-3H3,(H,21,22,24)/p+1. The minimum atomic E-state index is 0.112. The van der Waals surface area contributed by atoms with Crippen LogP contribution in [0.25, 0.3) is 10.9 Å². The summed E-state index contributed by atoms with van der Waals surface area (Å²) in [6.07, 6.45) is 3.31. The maximum absolute atomic E-state index is 12.6. The second-order valence-electron chi connectivity index (χ2n) is 7.09. The normalized spacial score (nSPS) is 21.0. The molecule has 0 spiro atoms. The lowest BCUT2D eigenvalue weighted by Gasteiger charge is -2.27. The average Bonchev–Trinajstić information content (AvgIpc) is 2.59. The molecule has 1 saturated heterocycles. The Kier molecular flexibility index (Phi) is 5.14. The van der Waals surface area contributed by atoms with Gasteiger partial charge in [0.2, 0.25) is 0 Å². The number of aromatic nitrogens is 1. The Balaban J connectivity index is 1.81. The molecule has 4 heteroatoms. The van der Waals surface area contributed by atoms with Crippen molar-refractivity contribution in [3.63, 3.8) is 0 Å². The van der Waals surface area contributed by atoms with Crippen molar-refractivity contribution in [3.05, 3.63) is 35.5 Å². The van der Waals surface area contributed by atoms with Crippen molar-refractivity contribution in [1.29, 1.82) is 0 Å². The second kappa shape index (κ2) is 7.31. The van der Waals surface area contributed by atoms with Crippen molar-refractivity contribution in [2.24, 2.45) is 5.92 Å². The van der Waals surface area contributed by atoms with Gasteiger partial charge >= 0.3 is 0 Å². The van der Waals surface area contributed by atoms with Crippen LogP contribution in [-0.2, 0) is 11.2 Å². The zero-order chi connectivity index (χ0) is 17.1. The van der Waals surface area contributed by atoms with Crippen LogP contribution in [0.4, 0.5) is 5.69 Å². The van der Waals surface area contributed by atoms with Gasteiger partial charge in [-0.2, -0.15) is 0 Å². The van der Waals surface area contributed by atoms with E-state index in [4.69, 9.17) is 4.98 Å². The Labute approximate surface area is 144 Å². The van der Waals surface area contributed by atoms with Crippen molar-refractivity contribution in [1.82, 2.24) is 4.98 Å². The van der Waals surface area contributed by atoms with E-state index < -0.39 is 0 Å². The fraction of sp³-hybridized carbons (Fsp3) is 0.500. The van der Waals surface area contributed by atoms with Crippen molar-refractivity contribution in [2.75, 3.05) is 25.0 Å². The largest absolute Gasteiger partial charge is 0.327 e. The first-order valence-corrected chi connectivity index (χ1v) is 9.10. The maximum atomic E-state index is 12.6. The first kappa shape index (κ1) is 16.9. The molecular formula is C20H28N3O+. The predicted octanol–water partition coefficient (Wildman–Crippen LogP) is 2.36. The molecule has 2 heterocycles. The molecule has 128 valence electrons. The smallest absolute Gasteiger partial charge is 0.279 e. The van der Waals surface area contributed by atoms with Gasteiger partial charge in [0.1, 0.15) is 0 Å². The van der Waals surface area contributed by atoms with Gasteiger partial charge in [0.05, 0.1) is 24.3 Å². The summed E-state index contributed by atoms with van der Waals surface area (Å²) < 4.78 is 0. The molecule has 0 saturated carbocycles. The number of likely N-dealkylation sites (tertiary alicyclic amines) is 1. The van der Waals surface area contributed by atoms with Crippen LogP contribution in [0.15, 0.2) is 24.3 Å². The number of rotatable bonds is 4. The second-order valence-corrected chi connectivity index (χ2v) is 7.09. The number of nitrogens with zero attached hydrogens (tertiary/aromatic N) is 1. The molecule has 4 nitrogen and oxygen atoms in total. The molecule has 0 bridgehead atoms. The van der Waals surface area contributed by atoms with Crippen LogP contribution in [0.1, 0.15) is 37.9 Å². The van der Waals surface area contributed by atoms with E-state index in [9.17, 15) is 4.79 Å². The number of carbonyl (C=O) groups is 1. The van der Waals surface area contributed by atoms with E-state index in [2.05, 4.69) is 26.1 Å². The first-order valence-electron chi connectivity index (χ1n) is 9.10. The zero-order valence-electron chi connectivity index (χ0n) is 15.0. The number of nitrogens with one attached hydrogen (secondary N) is 2. The quantitative estimate of drug-likeness (QED) is 0.906. The number of amides is 1. The van der Waals surface area contributed by atoms with Gasteiger partial charge in [0.15, 0.2) is 6.54 Å². The fourth-order valence-corrected chi connectivity index (χ4v) is 3.62. The summed E-state index contributed by atoms with van der Waals surface area (Å²) in [4.78, 5) is 18.7. The summed E-state index contributed by atoms with van der Waals surface area (Å²) in [7, 11) is 0. The van der Waals surface area contributed by atoms with Gasteiger partial charge in [-0.05, 0) is 43.7 Å². The number of piperidine rings is 1. The topological polar surface area (TPSA) is 46.4 Å². The molecule has 24 heavy (non-hydrogen) atoms. The van der Waals surface area contributed by atoms with Gasteiger partial charge < -0.3 is 10.2 Å². The van der Waals surface area contributed by atoms with Gasteiger partial charge in [-0.1, -0.05) is 32.0 Å². The Bertz CT molecular complexity index is 733. The highest BCUT2D eigenvalue weighted by Gasteiger charge is 2.22. The van der Waals surface area contributed by atoms with E-state index in [-0.39, 0.29) is 5.91 Å². The lowest BCUT2D eigenvalue weighted by molar-refractivity contribution is -0.897. The van der Waals surface area contributed by atoms with Crippen LogP contribution in [0.2, 0.25) is 0 Å². The summed E-state index contributed by atoms with van der Waals surface area (Å²) in [5.74, 6) is 0.913. The summed E-state index contributed by atoms with van der Waals surface area (Å²) in [5, 5.41) is 4.22. The van der Waals surface area contributed by atoms with Gasteiger partial charge in [-0.15, -0.1) is 0 Å². The summed E-state index contributed by atoms with van der Waals surface area (Å²) in [5.41, 5.74) is 4.04. The molecule has 1 aliphatic rings. The Hall–Kier alpha value is -1.94. The molecule has 1 aliphatic heterocycles. The molecule has 1 aromatic heterocycles. The van der Waals surface area contributed by atoms with E-state index >= 15 is 0 Å². The molecule has 0 atom stereocenters. The predicted molar refractivity (Wildman–Crippen MR) is 98.4 cm³/mol. The maximum Gasteiger partial charge on any atom is 0.279 e. The minimum absolute atomic E-state index is 0.112. The number of carbonyl (C=O) groups excluding carboxylic acids is 1.